The molecule has 0 radical (unpaired) electrons. The number of phenols is 2. The van der Waals surface area contributed by atoms with E-state index >= 15 is 0 Å². The van der Waals surface area contributed by atoms with Crippen molar-refractivity contribution in [2.75, 3.05) is 11.5 Å². The van der Waals surface area contributed by atoms with Gasteiger partial charge in [-0.25, -0.2) is 0 Å². The van der Waals surface area contributed by atoms with Crippen LogP contribution in [-0.4, -0.2) is 21.7 Å². The molecule has 4 heteroatoms. The largest absolute Gasteiger partial charge is 0.507 e. The molecule has 4 aromatic rings. The maximum absolute atomic E-state index is 11.0. The highest BCUT2D eigenvalue weighted by Crippen LogP contribution is 2.46. The Balaban J connectivity index is 1.93. The molecule has 0 bridgehead atoms. The van der Waals surface area contributed by atoms with Crippen LogP contribution >= 0.6 is 23.5 Å². The summed E-state index contributed by atoms with van der Waals surface area (Å²) in [5, 5.41) is 26.0. The minimum Gasteiger partial charge on any atom is -0.507 e. The molecule has 0 unspecified atom stereocenters. The summed E-state index contributed by atoms with van der Waals surface area (Å²) in [6.45, 7) is 8.87. The van der Waals surface area contributed by atoms with Gasteiger partial charge in [-0.15, -0.1) is 23.5 Å². The Morgan fingerprint density at radius 2 is 0.969 bits per heavy atom. The maximum atomic E-state index is 11.0. The van der Waals surface area contributed by atoms with Crippen molar-refractivity contribution >= 4 is 45.1 Å². The molecule has 0 amide bonds. The molecule has 0 aliphatic carbocycles. The average Bonchev–Trinajstić information content (AvgIpc) is 2.76. The van der Waals surface area contributed by atoms with Crippen molar-refractivity contribution in [1.82, 2.24) is 0 Å². The maximum Gasteiger partial charge on any atom is 0.124 e. The Labute approximate surface area is 199 Å². The molecule has 0 saturated carbocycles. The standard InChI is InChI=1S/C28H30O2S2/c1-17(2)15-31-21-9-5-19-7-11-25(29)27(23(19)13-21)28-24-14-22(32-16-18(3)4)10-6-20(24)8-12-26(28)30/h5-14,17-18,29-30H,15-16H2,1-4H3. The van der Waals surface area contributed by atoms with Crippen LogP contribution in [0.1, 0.15) is 27.7 Å². The number of hydrogen-bond acceptors (Lipinski definition) is 4. The molecular weight excluding hydrogens is 432 g/mol. The molecule has 0 aliphatic heterocycles. The van der Waals surface area contributed by atoms with Crippen LogP contribution in [0.3, 0.4) is 0 Å². The van der Waals surface area contributed by atoms with Gasteiger partial charge in [0, 0.05) is 32.4 Å². The Morgan fingerprint density at radius 1 is 0.594 bits per heavy atom. The minimum atomic E-state index is 0.187. The van der Waals surface area contributed by atoms with E-state index in [0.29, 0.717) is 23.0 Å². The topological polar surface area (TPSA) is 40.5 Å². The van der Waals surface area contributed by atoms with Gasteiger partial charge >= 0.3 is 0 Å². The highest BCUT2D eigenvalue weighted by Gasteiger charge is 2.18. The summed E-state index contributed by atoms with van der Waals surface area (Å²) in [6.07, 6.45) is 0. The van der Waals surface area contributed by atoms with E-state index in [1.165, 1.54) is 9.79 Å². The molecule has 0 atom stereocenters. The first-order valence-corrected chi connectivity index (χ1v) is 13.1. The summed E-state index contributed by atoms with van der Waals surface area (Å²) in [5.74, 6) is 3.65. The third-order valence-electron chi connectivity index (χ3n) is 5.36. The number of rotatable bonds is 7. The highest BCUT2D eigenvalue weighted by molar-refractivity contribution is 7.99. The molecule has 32 heavy (non-hydrogen) atoms. The van der Waals surface area contributed by atoms with Gasteiger partial charge in [0.1, 0.15) is 11.5 Å². The van der Waals surface area contributed by atoms with Crippen molar-refractivity contribution in [2.45, 2.75) is 37.5 Å². The van der Waals surface area contributed by atoms with Crippen molar-refractivity contribution in [3.05, 3.63) is 60.7 Å². The summed E-state index contributed by atoms with van der Waals surface area (Å²) in [4.78, 5) is 2.34. The van der Waals surface area contributed by atoms with Crippen molar-refractivity contribution in [1.29, 1.82) is 0 Å². The molecule has 0 saturated heterocycles. The summed E-state index contributed by atoms with van der Waals surface area (Å²) < 4.78 is 0. The number of benzene rings is 4. The van der Waals surface area contributed by atoms with E-state index in [2.05, 4.69) is 64.1 Å². The van der Waals surface area contributed by atoms with Gasteiger partial charge in [0.05, 0.1) is 0 Å². The smallest absolute Gasteiger partial charge is 0.124 e. The molecule has 0 aliphatic rings. The van der Waals surface area contributed by atoms with Crippen LogP contribution in [0.15, 0.2) is 70.5 Å². The van der Waals surface area contributed by atoms with Crippen molar-refractivity contribution in [2.24, 2.45) is 11.8 Å². The Morgan fingerprint density at radius 3 is 1.34 bits per heavy atom. The van der Waals surface area contributed by atoms with Crippen LogP contribution in [0.5, 0.6) is 11.5 Å². The van der Waals surface area contributed by atoms with Gasteiger partial charge in [-0.05, 0) is 69.8 Å². The van der Waals surface area contributed by atoms with Gasteiger partial charge in [-0.2, -0.15) is 0 Å². The van der Waals surface area contributed by atoms with Gasteiger partial charge < -0.3 is 10.2 Å². The van der Waals surface area contributed by atoms with Crippen LogP contribution in [0.4, 0.5) is 0 Å². The summed E-state index contributed by atoms with van der Waals surface area (Å²) in [6, 6.07) is 20.1. The minimum absolute atomic E-state index is 0.187. The third kappa shape index (κ3) is 4.87. The monoisotopic (exact) mass is 462 g/mol. The first kappa shape index (κ1) is 22.9. The lowest BCUT2D eigenvalue weighted by Gasteiger charge is -2.16. The van der Waals surface area contributed by atoms with Crippen LogP contribution in [0, 0.1) is 11.8 Å². The Kier molecular flexibility index (Phi) is 6.92. The van der Waals surface area contributed by atoms with E-state index in [-0.39, 0.29) is 11.5 Å². The zero-order valence-electron chi connectivity index (χ0n) is 19.1. The van der Waals surface area contributed by atoms with Crippen molar-refractivity contribution in [3.8, 4) is 22.6 Å². The molecule has 4 aromatic carbocycles. The van der Waals surface area contributed by atoms with Crippen molar-refractivity contribution < 1.29 is 10.2 Å². The zero-order chi connectivity index (χ0) is 22.8. The van der Waals surface area contributed by atoms with Crippen LogP contribution in [0.2, 0.25) is 0 Å². The summed E-state index contributed by atoms with van der Waals surface area (Å²) in [5.41, 5.74) is 1.40. The second kappa shape index (κ2) is 9.68. The fourth-order valence-corrected chi connectivity index (χ4v) is 5.59. The fourth-order valence-electron chi connectivity index (χ4n) is 3.81. The molecule has 2 N–H and O–H groups in total. The van der Waals surface area contributed by atoms with Crippen LogP contribution in [0.25, 0.3) is 32.7 Å². The molecule has 0 fully saturated rings. The van der Waals surface area contributed by atoms with E-state index < -0.39 is 0 Å². The third-order valence-corrected chi connectivity index (χ3v) is 8.20. The zero-order valence-corrected chi connectivity index (χ0v) is 20.7. The lowest BCUT2D eigenvalue weighted by molar-refractivity contribution is 0.470. The second-order valence-electron chi connectivity index (χ2n) is 9.09. The SMILES string of the molecule is CC(C)CSc1ccc2ccc(O)c(-c3c(O)ccc4ccc(SCC(C)C)cc34)c2c1. The summed E-state index contributed by atoms with van der Waals surface area (Å²) in [7, 11) is 0. The van der Waals surface area contributed by atoms with E-state index in [1.807, 2.05) is 35.7 Å². The van der Waals surface area contributed by atoms with Gasteiger partial charge in [-0.3, -0.25) is 0 Å². The molecule has 166 valence electrons. The van der Waals surface area contributed by atoms with E-state index in [0.717, 1.165) is 33.1 Å². The Bertz CT molecular complexity index is 1160. The molecular formula is C28H30O2S2. The molecule has 0 aromatic heterocycles. The van der Waals surface area contributed by atoms with E-state index in [1.54, 1.807) is 12.1 Å². The predicted octanol–water partition coefficient (Wildman–Crippen LogP) is 8.57. The van der Waals surface area contributed by atoms with Crippen molar-refractivity contribution in [3.63, 3.8) is 0 Å². The summed E-state index contributed by atoms with van der Waals surface area (Å²) >= 11 is 3.65. The van der Waals surface area contributed by atoms with E-state index in [4.69, 9.17) is 0 Å². The van der Waals surface area contributed by atoms with Gasteiger partial charge in [0.15, 0.2) is 0 Å². The molecule has 2 nitrogen and oxygen atoms in total. The van der Waals surface area contributed by atoms with E-state index in [9.17, 15) is 10.2 Å². The first-order valence-electron chi connectivity index (χ1n) is 11.1. The lowest BCUT2D eigenvalue weighted by atomic mass is 9.92. The number of phenolic OH excluding ortho intramolecular Hbond substituents is 2. The van der Waals surface area contributed by atoms with Crippen LogP contribution in [-0.2, 0) is 0 Å². The predicted molar refractivity (Wildman–Crippen MR) is 141 cm³/mol. The lowest BCUT2D eigenvalue weighted by Crippen LogP contribution is -1.92. The number of fused-ring (bicyclic) bond motifs is 2. The Hall–Kier alpha value is -2.30. The first-order chi connectivity index (χ1) is 15.3. The number of thioether (sulfide) groups is 2. The average molecular weight is 463 g/mol. The normalized spacial score (nSPS) is 11.8. The number of aromatic hydroxyl groups is 2. The second-order valence-corrected chi connectivity index (χ2v) is 11.3. The highest BCUT2D eigenvalue weighted by atomic mass is 32.2. The van der Waals surface area contributed by atoms with Crippen LogP contribution < -0.4 is 0 Å². The fraction of sp³-hybridized carbons (Fsp3) is 0.286. The quantitative estimate of drug-likeness (QED) is 0.270. The number of hydrogen-bond donors (Lipinski definition) is 2. The van der Waals surface area contributed by atoms with Gasteiger partial charge in [-0.1, -0.05) is 52.0 Å². The molecule has 0 heterocycles. The molecule has 4 rings (SSSR count). The van der Waals surface area contributed by atoms with Gasteiger partial charge in [0.2, 0.25) is 0 Å². The molecule has 0 spiro atoms. The van der Waals surface area contributed by atoms with Gasteiger partial charge in [0.25, 0.3) is 0 Å².